The minimum Gasteiger partial charge on any atom is -0.469 e. The van der Waals surface area contributed by atoms with Gasteiger partial charge in [0, 0.05) is 10.3 Å². The van der Waals surface area contributed by atoms with Crippen LogP contribution >= 0.6 is 15.9 Å². The molecule has 1 atom stereocenters. The van der Waals surface area contributed by atoms with Crippen LogP contribution in [-0.2, 0) is 18.8 Å². The maximum absolute atomic E-state index is 11.9. The minimum atomic E-state index is -0.486. The minimum absolute atomic E-state index is 0.213. The zero-order chi connectivity index (χ0) is 17.4. The first kappa shape index (κ1) is 18.5. The van der Waals surface area contributed by atoms with Crippen LogP contribution < -0.4 is 0 Å². The summed E-state index contributed by atoms with van der Waals surface area (Å²) in [6, 6.07) is 6.04. The van der Waals surface area contributed by atoms with Gasteiger partial charge in [0.05, 0.1) is 24.7 Å². The predicted octanol–water partition coefficient (Wildman–Crippen LogP) is 4.04. The molecule has 1 aliphatic rings. The van der Waals surface area contributed by atoms with Gasteiger partial charge in [0.1, 0.15) is 0 Å². The molecule has 0 aromatic heterocycles. The van der Waals surface area contributed by atoms with Gasteiger partial charge in [-0.15, -0.1) is 0 Å². The van der Waals surface area contributed by atoms with Crippen LogP contribution in [0.1, 0.15) is 51.1 Å². The van der Waals surface area contributed by atoms with Crippen LogP contribution in [0.2, 0.25) is 0 Å². The van der Waals surface area contributed by atoms with Crippen LogP contribution in [0.4, 0.5) is 0 Å². The summed E-state index contributed by atoms with van der Waals surface area (Å²) < 4.78 is 18.2. The highest BCUT2D eigenvalue weighted by atomic mass is 79.9. The highest BCUT2D eigenvalue weighted by Crippen LogP contribution is 2.42. The number of aryl methyl sites for hydroxylation is 1. The molecule has 0 saturated carbocycles. The van der Waals surface area contributed by atoms with Crippen molar-refractivity contribution in [3.05, 3.63) is 33.8 Å². The lowest BCUT2D eigenvalue weighted by atomic mass is 9.66. The molecule has 1 saturated heterocycles. The Kier molecular flexibility index (Phi) is 5.29. The average Bonchev–Trinajstić information content (AvgIpc) is 2.67. The van der Waals surface area contributed by atoms with Gasteiger partial charge in [-0.1, -0.05) is 28.1 Å². The van der Waals surface area contributed by atoms with Crippen LogP contribution in [0.15, 0.2) is 22.7 Å². The predicted molar refractivity (Wildman–Crippen MR) is 94.3 cm³/mol. The van der Waals surface area contributed by atoms with Gasteiger partial charge in [0.25, 0.3) is 0 Å². The Morgan fingerprint density at radius 1 is 1.26 bits per heavy atom. The summed E-state index contributed by atoms with van der Waals surface area (Å²) in [5, 5.41) is 0. The van der Waals surface area contributed by atoms with Crippen molar-refractivity contribution < 1.29 is 18.8 Å². The summed E-state index contributed by atoms with van der Waals surface area (Å²) in [6.07, 6.45) is 0.217. The third kappa shape index (κ3) is 3.81. The van der Waals surface area contributed by atoms with E-state index in [9.17, 15) is 4.79 Å². The van der Waals surface area contributed by atoms with E-state index >= 15 is 0 Å². The molecule has 4 nitrogen and oxygen atoms in total. The van der Waals surface area contributed by atoms with Gasteiger partial charge in [0.2, 0.25) is 0 Å². The number of ether oxygens (including phenoxy) is 1. The second-order valence-corrected chi connectivity index (χ2v) is 7.87. The van der Waals surface area contributed by atoms with Crippen LogP contribution in [-0.4, -0.2) is 31.4 Å². The van der Waals surface area contributed by atoms with Crippen molar-refractivity contribution >= 4 is 29.0 Å². The van der Waals surface area contributed by atoms with E-state index in [1.54, 1.807) is 0 Å². The number of carbonyl (C=O) groups excluding carboxylic acids is 1. The molecule has 1 aromatic carbocycles. The molecule has 1 heterocycles. The molecular weight excluding hydrogens is 359 g/mol. The lowest BCUT2D eigenvalue weighted by Crippen LogP contribution is -2.41. The van der Waals surface area contributed by atoms with E-state index in [1.807, 2.05) is 46.8 Å². The number of hydrogen-bond donors (Lipinski definition) is 0. The van der Waals surface area contributed by atoms with Gasteiger partial charge in [-0.3, -0.25) is 4.79 Å². The van der Waals surface area contributed by atoms with Crippen molar-refractivity contribution in [3.63, 3.8) is 0 Å². The Morgan fingerprint density at radius 3 is 2.30 bits per heavy atom. The van der Waals surface area contributed by atoms with Crippen molar-refractivity contribution in [1.29, 1.82) is 0 Å². The summed E-state index contributed by atoms with van der Waals surface area (Å²) in [7, 11) is 0.913. The van der Waals surface area contributed by atoms with Gasteiger partial charge in [-0.05, 0) is 51.8 Å². The smallest absolute Gasteiger partial charge is 0.466 e. The molecule has 0 N–H and O–H groups in total. The maximum Gasteiger partial charge on any atom is 0.466 e. The number of halogens is 1. The van der Waals surface area contributed by atoms with Crippen molar-refractivity contribution in [2.75, 3.05) is 7.11 Å². The van der Waals surface area contributed by atoms with Gasteiger partial charge >= 0.3 is 13.1 Å². The fourth-order valence-electron chi connectivity index (χ4n) is 2.59. The fraction of sp³-hybridized carbons (Fsp3) is 0.588. The zero-order valence-corrected chi connectivity index (χ0v) is 16.2. The molecule has 23 heavy (non-hydrogen) atoms. The molecule has 1 unspecified atom stereocenters. The normalized spacial score (nSPS) is 20.4. The molecule has 1 aliphatic heterocycles. The highest BCUT2D eigenvalue weighted by Gasteiger charge is 2.54. The van der Waals surface area contributed by atoms with Gasteiger partial charge in [-0.25, -0.2) is 0 Å². The largest absolute Gasteiger partial charge is 0.469 e. The van der Waals surface area contributed by atoms with E-state index in [2.05, 4.69) is 22.0 Å². The van der Waals surface area contributed by atoms with Crippen molar-refractivity contribution in [2.24, 2.45) is 0 Å². The maximum atomic E-state index is 11.9. The summed E-state index contributed by atoms with van der Waals surface area (Å²) >= 11 is 3.51. The van der Waals surface area contributed by atoms with Crippen molar-refractivity contribution in [3.8, 4) is 0 Å². The first-order valence-corrected chi connectivity index (χ1v) is 8.55. The standard InChI is InChI=1S/C17H24BBrO4/c1-11-9-12(7-8-14(11)19)13(10-15(20)21-6)18-22-16(2,3)17(4,5)23-18/h7-9,13H,10H2,1-6H3. The Morgan fingerprint density at radius 2 is 1.83 bits per heavy atom. The van der Waals surface area contributed by atoms with E-state index in [1.165, 1.54) is 7.11 Å². The number of esters is 1. The second kappa shape index (κ2) is 6.57. The van der Waals surface area contributed by atoms with Gasteiger partial charge in [-0.2, -0.15) is 0 Å². The SMILES string of the molecule is COC(=O)CC(B1OC(C)(C)C(C)(C)O1)c1ccc(Br)c(C)c1. The molecule has 1 fully saturated rings. The Labute approximate surface area is 147 Å². The molecule has 0 bridgehead atoms. The highest BCUT2D eigenvalue weighted by molar-refractivity contribution is 9.10. The quantitative estimate of drug-likeness (QED) is 0.582. The molecule has 0 amide bonds. The topological polar surface area (TPSA) is 44.8 Å². The van der Waals surface area contributed by atoms with Crippen LogP contribution in [0.5, 0.6) is 0 Å². The van der Waals surface area contributed by atoms with E-state index < -0.39 is 18.3 Å². The van der Waals surface area contributed by atoms with Crippen LogP contribution in [0, 0.1) is 6.92 Å². The molecule has 0 spiro atoms. The lowest BCUT2D eigenvalue weighted by Gasteiger charge is -2.32. The Balaban J connectivity index is 2.35. The monoisotopic (exact) mass is 382 g/mol. The zero-order valence-electron chi connectivity index (χ0n) is 14.6. The molecule has 126 valence electrons. The first-order valence-electron chi connectivity index (χ1n) is 7.76. The average molecular weight is 383 g/mol. The van der Waals surface area contributed by atoms with Gasteiger partial charge in [0.15, 0.2) is 0 Å². The Bertz CT molecular complexity index is 584. The summed E-state index contributed by atoms with van der Waals surface area (Å²) in [5.41, 5.74) is 1.25. The molecule has 6 heteroatoms. The number of methoxy groups -OCH3 is 1. The number of rotatable bonds is 4. The summed E-state index contributed by atoms with van der Waals surface area (Å²) in [5.74, 6) is -0.486. The third-order valence-electron chi connectivity index (χ3n) is 4.82. The fourth-order valence-corrected chi connectivity index (χ4v) is 2.83. The number of benzene rings is 1. The molecule has 0 aliphatic carbocycles. The van der Waals surface area contributed by atoms with E-state index in [4.69, 9.17) is 14.0 Å². The molecule has 1 aromatic rings. The Hall–Kier alpha value is -0.845. The van der Waals surface area contributed by atoms with Gasteiger partial charge < -0.3 is 14.0 Å². The van der Waals surface area contributed by atoms with E-state index in [0.29, 0.717) is 0 Å². The summed E-state index contributed by atoms with van der Waals surface area (Å²) in [4.78, 5) is 11.9. The van der Waals surface area contributed by atoms with Crippen molar-refractivity contribution in [1.82, 2.24) is 0 Å². The second-order valence-electron chi connectivity index (χ2n) is 7.02. The lowest BCUT2D eigenvalue weighted by molar-refractivity contribution is -0.140. The number of carbonyl (C=O) groups is 1. The first-order chi connectivity index (χ1) is 10.6. The number of hydrogen-bond acceptors (Lipinski definition) is 4. The van der Waals surface area contributed by atoms with E-state index in [0.717, 1.165) is 15.6 Å². The summed E-state index contributed by atoms with van der Waals surface area (Å²) in [6.45, 7) is 10.1. The van der Waals surface area contributed by atoms with E-state index in [-0.39, 0.29) is 18.2 Å². The van der Waals surface area contributed by atoms with Crippen LogP contribution in [0.25, 0.3) is 0 Å². The van der Waals surface area contributed by atoms with Crippen LogP contribution in [0.3, 0.4) is 0 Å². The molecular formula is C17H24BBrO4. The molecule has 0 radical (unpaired) electrons. The van der Waals surface area contributed by atoms with Crippen molar-refractivity contribution in [2.45, 2.75) is 58.1 Å². The molecule has 2 rings (SSSR count). The third-order valence-corrected chi connectivity index (χ3v) is 5.71.